The zero-order chi connectivity index (χ0) is 26.4. The van der Waals surface area contributed by atoms with E-state index in [2.05, 4.69) is 22.5 Å². The molecule has 2 aromatic rings. The predicted octanol–water partition coefficient (Wildman–Crippen LogP) is 3.69. The lowest BCUT2D eigenvalue weighted by Gasteiger charge is -2.51. The molecule has 2 aliphatic carbocycles. The third-order valence-corrected chi connectivity index (χ3v) is 8.12. The van der Waals surface area contributed by atoms with Crippen LogP contribution in [-0.2, 0) is 11.8 Å². The highest BCUT2D eigenvalue weighted by atomic mass is 19.1. The first-order valence-electron chi connectivity index (χ1n) is 12.6. The van der Waals surface area contributed by atoms with Crippen LogP contribution in [0.2, 0.25) is 0 Å². The Balaban J connectivity index is 1.55. The summed E-state index contributed by atoms with van der Waals surface area (Å²) < 4.78 is 14.7. The predicted molar refractivity (Wildman–Crippen MR) is 133 cm³/mol. The Hall–Kier alpha value is -3.07. The number of nitrogens with one attached hydrogen (secondary N) is 2. The summed E-state index contributed by atoms with van der Waals surface area (Å²) in [7, 11) is 1.65. The number of aliphatic hydroxyl groups is 1. The van der Waals surface area contributed by atoms with Gasteiger partial charge in [0.15, 0.2) is 0 Å². The maximum atomic E-state index is 13.4. The molecule has 2 heterocycles. The summed E-state index contributed by atoms with van der Waals surface area (Å²) in [4.78, 5) is 43.1. The standard InChI is InChI=1S/C27H35FN4O4/c1-6-17-11-27(36)10-14(2)9-18(12-27)22(17)31-26(35)24(33)23-15(3)21(16(4)32(23)5)25(34)30-19-7-8-20(28)29-13-19/h7-8,13-14,17-18,22,36H,6,9-12H2,1-5H3,(H,30,34)(H,31,35)/t14?,17?,18?,22-,27-/m1/s1. The van der Waals surface area contributed by atoms with E-state index in [0.717, 1.165) is 25.3 Å². The number of halogens is 1. The Kier molecular flexibility index (Phi) is 7.05. The summed E-state index contributed by atoms with van der Waals surface area (Å²) in [6.45, 7) is 7.52. The van der Waals surface area contributed by atoms with Crippen molar-refractivity contribution in [3.8, 4) is 0 Å². The molecular formula is C27H35FN4O4. The number of carbonyl (C=O) groups excluding carboxylic acids is 3. The van der Waals surface area contributed by atoms with Crippen molar-refractivity contribution in [1.29, 1.82) is 0 Å². The Morgan fingerprint density at radius 3 is 2.58 bits per heavy atom. The zero-order valence-corrected chi connectivity index (χ0v) is 21.5. The number of rotatable bonds is 6. The third-order valence-electron chi connectivity index (χ3n) is 8.12. The lowest BCUT2D eigenvalue weighted by Crippen LogP contribution is -2.58. The second-order valence-electron chi connectivity index (χ2n) is 10.8. The SMILES string of the molecule is CCC1C[C@]2(O)CC(C)CC(C2)[C@@H]1NC(=O)C(=O)c1c(C)c(C(=O)Nc2ccc(F)nc2)c(C)n1C. The minimum Gasteiger partial charge on any atom is -0.390 e. The normalized spacial score (nSPS) is 27.4. The average molecular weight is 499 g/mol. The minimum atomic E-state index is -0.694. The summed E-state index contributed by atoms with van der Waals surface area (Å²) in [5, 5.41) is 16.7. The molecule has 0 aromatic carbocycles. The van der Waals surface area contributed by atoms with Gasteiger partial charge in [-0.2, -0.15) is 4.39 Å². The number of amides is 2. The van der Waals surface area contributed by atoms with Gasteiger partial charge in [-0.05, 0) is 75.0 Å². The van der Waals surface area contributed by atoms with E-state index in [4.69, 9.17) is 0 Å². The summed E-state index contributed by atoms with van der Waals surface area (Å²) >= 11 is 0. The monoisotopic (exact) mass is 498 g/mol. The van der Waals surface area contributed by atoms with Crippen LogP contribution in [0.3, 0.4) is 0 Å². The number of hydrogen-bond donors (Lipinski definition) is 3. The largest absolute Gasteiger partial charge is 0.390 e. The molecule has 3 unspecified atom stereocenters. The number of pyridine rings is 1. The van der Waals surface area contributed by atoms with Gasteiger partial charge >= 0.3 is 0 Å². The Morgan fingerprint density at radius 2 is 1.94 bits per heavy atom. The van der Waals surface area contributed by atoms with Crippen molar-refractivity contribution in [3.63, 3.8) is 0 Å². The molecule has 36 heavy (non-hydrogen) atoms. The molecule has 4 rings (SSSR count). The van der Waals surface area contributed by atoms with Gasteiger partial charge in [-0.1, -0.05) is 20.3 Å². The van der Waals surface area contributed by atoms with Crippen LogP contribution in [0.1, 0.15) is 78.1 Å². The van der Waals surface area contributed by atoms with E-state index < -0.39 is 29.1 Å². The number of anilines is 1. The van der Waals surface area contributed by atoms with Crippen LogP contribution in [0.5, 0.6) is 0 Å². The number of Topliss-reactive ketones (excluding diaryl/α,β-unsaturated/α-hetero) is 1. The molecule has 8 nitrogen and oxygen atoms in total. The molecule has 0 radical (unpaired) electrons. The van der Waals surface area contributed by atoms with Crippen molar-refractivity contribution < 1.29 is 23.9 Å². The lowest BCUT2D eigenvalue weighted by atomic mass is 9.59. The van der Waals surface area contributed by atoms with Crippen LogP contribution < -0.4 is 10.6 Å². The fourth-order valence-electron chi connectivity index (χ4n) is 6.58. The number of nitrogens with zero attached hydrogens (tertiary/aromatic N) is 2. The maximum absolute atomic E-state index is 13.4. The molecule has 0 aliphatic heterocycles. The summed E-state index contributed by atoms with van der Waals surface area (Å²) in [5.74, 6) is -1.94. The van der Waals surface area contributed by atoms with Crippen LogP contribution in [-0.4, -0.2) is 43.9 Å². The summed E-state index contributed by atoms with van der Waals surface area (Å²) in [6.07, 6.45) is 4.95. The highest BCUT2D eigenvalue weighted by molar-refractivity contribution is 6.43. The van der Waals surface area contributed by atoms with Gasteiger partial charge in [-0.3, -0.25) is 14.4 Å². The van der Waals surface area contributed by atoms with Crippen LogP contribution in [0.15, 0.2) is 18.3 Å². The quantitative estimate of drug-likeness (QED) is 0.319. The van der Waals surface area contributed by atoms with Crippen LogP contribution in [0, 0.1) is 37.5 Å². The fourth-order valence-corrected chi connectivity index (χ4v) is 6.58. The Morgan fingerprint density at radius 1 is 1.22 bits per heavy atom. The lowest BCUT2D eigenvalue weighted by molar-refractivity contribution is -0.125. The van der Waals surface area contributed by atoms with Crippen molar-refractivity contribution >= 4 is 23.3 Å². The molecule has 2 saturated carbocycles. The molecule has 5 atom stereocenters. The fraction of sp³-hybridized carbons (Fsp3) is 0.556. The number of ketones is 1. The average Bonchev–Trinajstić information content (AvgIpc) is 3.03. The van der Waals surface area contributed by atoms with Crippen molar-refractivity contribution in [1.82, 2.24) is 14.9 Å². The van der Waals surface area contributed by atoms with Gasteiger partial charge in [0.2, 0.25) is 5.95 Å². The number of carbonyl (C=O) groups is 3. The molecule has 3 N–H and O–H groups in total. The van der Waals surface area contributed by atoms with Crippen molar-refractivity contribution in [2.45, 2.75) is 71.4 Å². The van der Waals surface area contributed by atoms with Crippen LogP contribution >= 0.6 is 0 Å². The second kappa shape index (κ2) is 9.76. The highest BCUT2D eigenvalue weighted by Crippen LogP contribution is 2.48. The minimum absolute atomic E-state index is 0.0971. The molecule has 2 aromatic heterocycles. The van der Waals surface area contributed by atoms with E-state index in [1.54, 1.807) is 25.5 Å². The third kappa shape index (κ3) is 4.81. The number of aromatic nitrogens is 2. The molecule has 2 fully saturated rings. The molecule has 194 valence electrons. The van der Waals surface area contributed by atoms with Gasteiger partial charge < -0.3 is 20.3 Å². The molecule has 9 heteroatoms. The first-order valence-corrected chi connectivity index (χ1v) is 12.6. The van der Waals surface area contributed by atoms with Crippen LogP contribution in [0.4, 0.5) is 10.1 Å². The van der Waals surface area contributed by atoms with Crippen LogP contribution in [0.25, 0.3) is 0 Å². The smallest absolute Gasteiger partial charge is 0.294 e. The van der Waals surface area contributed by atoms with Gasteiger partial charge in [0.05, 0.1) is 28.7 Å². The summed E-state index contributed by atoms with van der Waals surface area (Å²) in [6, 6.07) is 2.36. The maximum Gasteiger partial charge on any atom is 0.294 e. The molecule has 0 saturated heterocycles. The van der Waals surface area contributed by atoms with Gasteiger partial charge in [0, 0.05) is 18.8 Å². The molecule has 2 aliphatic rings. The van der Waals surface area contributed by atoms with Crippen molar-refractivity contribution in [3.05, 3.63) is 46.8 Å². The molecule has 0 spiro atoms. The van der Waals surface area contributed by atoms with E-state index in [1.807, 2.05) is 6.92 Å². The van der Waals surface area contributed by atoms with Crippen molar-refractivity contribution in [2.24, 2.45) is 24.8 Å². The first-order chi connectivity index (χ1) is 16.9. The second-order valence-corrected chi connectivity index (χ2v) is 10.8. The molecule has 2 amide bonds. The van der Waals surface area contributed by atoms with E-state index in [9.17, 15) is 23.9 Å². The molecule has 2 bridgehead atoms. The van der Waals surface area contributed by atoms with Gasteiger partial charge in [-0.25, -0.2) is 4.98 Å². The Bertz CT molecular complexity index is 1190. The van der Waals surface area contributed by atoms with Gasteiger partial charge in [-0.15, -0.1) is 0 Å². The van der Waals surface area contributed by atoms with Crippen molar-refractivity contribution in [2.75, 3.05) is 5.32 Å². The first kappa shape index (κ1) is 26.0. The summed E-state index contributed by atoms with van der Waals surface area (Å²) in [5.41, 5.74) is 1.00. The van der Waals surface area contributed by atoms with E-state index in [0.29, 0.717) is 35.7 Å². The van der Waals surface area contributed by atoms with Gasteiger partial charge in [0.25, 0.3) is 17.6 Å². The van der Waals surface area contributed by atoms with E-state index in [1.165, 1.54) is 12.3 Å². The van der Waals surface area contributed by atoms with E-state index >= 15 is 0 Å². The number of fused-ring (bicyclic) bond motifs is 2. The highest BCUT2D eigenvalue weighted by Gasteiger charge is 2.49. The topological polar surface area (TPSA) is 113 Å². The number of hydrogen-bond acceptors (Lipinski definition) is 5. The van der Waals surface area contributed by atoms with E-state index in [-0.39, 0.29) is 29.1 Å². The van der Waals surface area contributed by atoms with Gasteiger partial charge in [0.1, 0.15) is 0 Å². The Labute approximate surface area is 210 Å². The molecular weight excluding hydrogens is 463 g/mol. The zero-order valence-electron chi connectivity index (χ0n) is 21.5.